The number of amides is 1. The fourth-order valence-electron chi connectivity index (χ4n) is 2.46. The molecule has 114 valence electrons. The highest BCUT2D eigenvalue weighted by Crippen LogP contribution is 2.36. The van der Waals surface area contributed by atoms with Crippen molar-refractivity contribution in [3.8, 4) is 0 Å². The van der Waals surface area contributed by atoms with Crippen molar-refractivity contribution in [1.82, 2.24) is 9.97 Å². The summed E-state index contributed by atoms with van der Waals surface area (Å²) in [7, 11) is 0. The van der Waals surface area contributed by atoms with Crippen LogP contribution >= 0.6 is 35.0 Å². The third-order valence-electron chi connectivity index (χ3n) is 3.47. The van der Waals surface area contributed by atoms with Gasteiger partial charge in [-0.3, -0.25) is 9.59 Å². The third kappa shape index (κ3) is 2.74. The summed E-state index contributed by atoms with van der Waals surface area (Å²) >= 11 is 13.3. The van der Waals surface area contributed by atoms with Crippen LogP contribution in [0.4, 0.5) is 5.82 Å². The molecular weight excluding hydrogens is 345 g/mol. The zero-order valence-corrected chi connectivity index (χ0v) is 13.8. The fraction of sp³-hybridized carbons (Fsp3) is 0.214. The first-order valence-electron chi connectivity index (χ1n) is 6.42. The lowest BCUT2D eigenvalue weighted by atomic mass is 9.87. The number of rotatable bonds is 2. The quantitative estimate of drug-likeness (QED) is 0.640. The van der Waals surface area contributed by atoms with Crippen LogP contribution in [0.5, 0.6) is 0 Å². The first-order chi connectivity index (χ1) is 10.5. The molecule has 2 N–H and O–H groups in total. The van der Waals surface area contributed by atoms with E-state index in [0.29, 0.717) is 26.6 Å². The SMILES string of the molecule is CSc1nc2c(c(=O)[nH]1)[C@@H](c1ccc(Cl)c(Cl)c1)CC(=O)N2. The number of benzene rings is 1. The predicted octanol–water partition coefficient (Wildman–Crippen LogP) is 3.27. The summed E-state index contributed by atoms with van der Waals surface area (Å²) < 4.78 is 0. The predicted molar refractivity (Wildman–Crippen MR) is 88.2 cm³/mol. The number of hydrogen-bond acceptors (Lipinski definition) is 4. The van der Waals surface area contributed by atoms with Crippen LogP contribution in [-0.2, 0) is 4.79 Å². The molecule has 22 heavy (non-hydrogen) atoms. The minimum absolute atomic E-state index is 0.161. The van der Waals surface area contributed by atoms with Gasteiger partial charge in [0, 0.05) is 12.3 Å². The summed E-state index contributed by atoms with van der Waals surface area (Å²) in [5, 5.41) is 3.93. The van der Waals surface area contributed by atoms with Crippen molar-refractivity contribution in [1.29, 1.82) is 0 Å². The summed E-state index contributed by atoms with van der Waals surface area (Å²) in [5.41, 5.74) is 0.941. The summed E-state index contributed by atoms with van der Waals surface area (Å²) in [5.74, 6) is -0.278. The van der Waals surface area contributed by atoms with E-state index in [-0.39, 0.29) is 17.9 Å². The molecule has 3 rings (SSSR count). The molecule has 0 saturated heterocycles. The maximum Gasteiger partial charge on any atom is 0.257 e. The van der Waals surface area contributed by atoms with E-state index < -0.39 is 5.92 Å². The lowest BCUT2D eigenvalue weighted by Gasteiger charge is -2.24. The molecule has 0 aliphatic carbocycles. The van der Waals surface area contributed by atoms with Gasteiger partial charge in [-0.1, -0.05) is 41.0 Å². The van der Waals surface area contributed by atoms with Crippen molar-refractivity contribution >= 4 is 46.7 Å². The summed E-state index contributed by atoms with van der Waals surface area (Å²) in [6.45, 7) is 0. The lowest BCUT2D eigenvalue weighted by molar-refractivity contribution is -0.116. The van der Waals surface area contributed by atoms with Crippen LogP contribution in [0.1, 0.15) is 23.5 Å². The molecule has 0 spiro atoms. The van der Waals surface area contributed by atoms with Crippen LogP contribution in [0.2, 0.25) is 10.0 Å². The summed E-state index contributed by atoms with van der Waals surface area (Å²) in [6.07, 6.45) is 1.96. The Bertz CT molecular complexity index is 822. The van der Waals surface area contributed by atoms with Gasteiger partial charge in [0.1, 0.15) is 5.82 Å². The van der Waals surface area contributed by atoms with Gasteiger partial charge >= 0.3 is 0 Å². The number of carbonyl (C=O) groups is 1. The highest BCUT2D eigenvalue weighted by Gasteiger charge is 2.31. The Morgan fingerprint density at radius 3 is 2.73 bits per heavy atom. The van der Waals surface area contributed by atoms with Crippen molar-refractivity contribution in [2.75, 3.05) is 11.6 Å². The van der Waals surface area contributed by atoms with E-state index in [9.17, 15) is 9.59 Å². The van der Waals surface area contributed by atoms with Gasteiger partial charge in [0.15, 0.2) is 5.16 Å². The molecule has 2 aromatic rings. The maximum absolute atomic E-state index is 12.4. The molecule has 1 atom stereocenters. The Labute approximate surface area is 140 Å². The number of aromatic nitrogens is 2. The number of anilines is 1. The molecule has 0 fully saturated rings. The smallest absolute Gasteiger partial charge is 0.257 e. The van der Waals surface area contributed by atoms with Crippen LogP contribution in [-0.4, -0.2) is 22.1 Å². The zero-order chi connectivity index (χ0) is 15.9. The molecule has 0 radical (unpaired) electrons. The highest BCUT2D eigenvalue weighted by atomic mass is 35.5. The Hall–Kier alpha value is -1.50. The van der Waals surface area contributed by atoms with Crippen molar-refractivity contribution < 1.29 is 4.79 Å². The normalized spacial score (nSPS) is 17.0. The van der Waals surface area contributed by atoms with Gasteiger partial charge in [0.2, 0.25) is 5.91 Å². The molecule has 0 saturated carbocycles. The van der Waals surface area contributed by atoms with Crippen LogP contribution in [0.3, 0.4) is 0 Å². The van der Waals surface area contributed by atoms with E-state index in [1.165, 1.54) is 11.8 Å². The number of halogens is 2. The van der Waals surface area contributed by atoms with E-state index in [1.54, 1.807) is 24.5 Å². The highest BCUT2D eigenvalue weighted by molar-refractivity contribution is 7.98. The second-order valence-electron chi connectivity index (χ2n) is 4.82. The number of nitrogens with one attached hydrogen (secondary N) is 2. The van der Waals surface area contributed by atoms with Crippen molar-refractivity contribution in [3.63, 3.8) is 0 Å². The monoisotopic (exact) mass is 355 g/mol. The Kier molecular flexibility index (Phi) is 4.16. The van der Waals surface area contributed by atoms with Crippen LogP contribution in [0.15, 0.2) is 28.2 Å². The number of thioether (sulfide) groups is 1. The van der Waals surface area contributed by atoms with Gasteiger partial charge in [-0.05, 0) is 24.0 Å². The largest absolute Gasteiger partial charge is 0.310 e. The average Bonchev–Trinajstić information content (AvgIpc) is 2.48. The number of aromatic amines is 1. The molecule has 1 aliphatic heterocycles. The molecule has 1 aromatic carbocycles. The van der Waals surface area contributed by atoms with Gasteiger partial charge < -0.3 is 10.3 Å². The van der Waals surface area contributed by atoms with E-state index in [0.717, 1.165) is 5.56 Å². The molecular formula is C14H11Cl2N3O2S. The molecule has 2 heterocycles. The molecule has 1 aromatic heterocycles. The van der Waals surface area contributed by atoms with Gasteiger partial charge in [0.25, 0.3) is 5.56 Å². The van der Waals surface area contributed by atoms with Gasteiger partial charge in [-0.15, -0.1) is 0 Å². The van der Waals surface area contributed by atoms with Gasteiger partial charge in [-0.2, -0.15) is 0 Å². The minimum Gasteiger partial charge on any atom is -0.310 e. The topological polar surface area (TPSA) is 74.8 Å². The Morgan fingerprint density at radius 1 is 1.27 bits per heavy atom. The molecule has 8 heteroatoms. The summed E-state index contributed by atoms with van der Waals surface area (Å²) in [6, 6.07) is 5.10. The lowest BCUT2D eigenvalue weighted by Crippen LogP contribution is -2.31. The molecule has 1 aliphatic rings. The molecule has 1 amide bonds. The standard InChI is InChI=1S/C14H11Cl2N3O2S/c1-22-14-18-12-11(13(21)19-14)7(5-10(20)17-12)6-2-3-8(15)9(16)4-6/h2-4,7H,5H2,1H3,(H2,17,18,19,20,21)/t7-/m1/s1. The van der Waals surface area contributed by atoms with Crippen LogP contribution in [0.25, 0.3) is 0 Å². The van der Waals surface area contributed by atoms with Gasteiger partial charge in [0.05, 0.1) is 15.6 Å². The number of hydrogen-bond donors (Lipinski definition) is 2. The van der Waals surface area contributed by atoms with E-state index in [4.69, 9.17) is 23.2 Å². The van der Waals surface area contributed by atoms with Crippen LogP contribution in [0, 0.1) is 0 Å². The number of fused-ring (bicyclic) bond motifs is 1. The maximum atomic E-state index is 12.4. The van der Waals surface area contributed by atoms with E-state index >= 15 is 0 Å². The molecule has 0 bridgehead atoms. The third-order valence-corrected chi connectivity index (χ3v) is 4.79. The summed E-state index contributed by atoms with van der Waals surface area (Å²) in [4.78, 5) is 31.3. The Morgan fingerprint density at radius 2 is 2.05 bits per heavy atom. The molecule has 5 nitrogen and oxygen atoms in total. The van der Waals surface area contributed by atoms with E-state index in [2.05, 4.69) is 15.3 Å². The number of nitrogens with zero attached hydrogens (tertiary/aromatic N) is 1. The number of carbonyl (C=O) groups excluding carboxylic acids is 1. The first-order valence-corrected chi connectivity index (χ1v) is 8.40. The van der Waals surface area contributed by atoms with E-state index in [1.807, 2.05) is 0 Å². The second kappa shape index (κ2) is 5.95. The van der Waals surface area contributed by atoms with Gasteiger partial charge in [-0.25, -0.2) is 4.98 Å². The first kappa shape index (κ1) is 15.4. The number of H-pyrrole nitrogens is 1. The van der Waals surface area contributed by atoms with Crippen molar-refractivity contribution in [2.45, 2.75) is 17.5 Å². The minimum atomic E-state index is -0.398. The second-order valence-corrected chi connectivity index (χ2v) is 6.43. The molecule has 0 unspecified atom stereocenters. The zero-order valence-electron chi connectivity index (χ0n) is 11.4. The Balaban J connectivity index is 2.17. The van der Waals surface area contributed by atoms with Crippen LogP contribution < -0.4 is 10.9 Å². The fourth-order valence-corrected chi connectivity index (χ4v) is 3.15. The average molecular weight is 356 g/mol. The van der Waals surface area contributed by atoms with Crippen molar-refractivity contribution in [2.24, 2.45) is 0 Å². The van der Waals surface area contributed by atoms with Crippen molar-refractivity contribution in [3.05, 3.63) is 49.7 Å².